The second-order valence-electron chi connectivity index (χ2n) is 4.71. The number of nitrogen functional groups attached to an aromatic ring is 1. The van der Waals surface area contributed by atoms with Crippen molar-refractivity contribution in [3.05, 3.63) is 24.5 Å². The fourth-order valence-electron chi connectivity index (χ4n) is 2.01. The van der Waals surface area contributed by atoms with Crippen LogP contribution < -0.4 is 15.8 Å². The third kappa shape index (κ3) is 3.03. The van der Waals surface area contributed by atoms with Gasteiger partial charge in [0.1, 0.15) is 11.4 Å². The number of carbonyl (C=O) groups is 1. The number of anilines is 2. The molecule has 9 heteroatoms. The molecule has 0 bridgehead atoms. The van der Waals surface area contributed by atoms with E-state index in [9.17, 15) is 4.79 Å². The minimum Gasteiger partial charge on any atom is -0.475 e. The average Bonchev–Trinajstić information content (AvgIpc) is 2.90. The predicted molar refractivity (Wildman–Crippen MR) is 83.9 cm³/mol. The molecule has 0 fully saturated rings. The predicted octanol–water partition coefficient (Wildman–Crippen LogP) is 1.13. The number of aromatic nitrogens is 5. The van der Waals surface area contributed by atoms with Crippen LogP contribution in [0.3, 0.4) is 0 Å². The number of carbonyl (C=O) groups excluding carboxylic acids is 1. The number of nitrogens with zero attached hydrogens (tertiary/aromatic N) is 5. The summed E-state index contributed by atoms with van der Waals surface area (Å²) in [4.78, 5) is 23.7. The lowest BCUT2D eigenvalue weighted by atomic mass is 10.3. The van der Waals surface area contributed by atoms with E-state index in [4.69, 9.17) is 10.5 Å². The lowest BCUT2D eigenvalue weighted by molar-refractivity contribution is -0.114. The first-order valence-electron chi connectivity index (χ1n) is 6.96. The van der Waals surface area contributed by atoms with Crippen LogP contribution in [0.15, 0.2) is 24.5 Å². The van der Waals surface area contributed by atoms with Gasteiger partial charge in [-0.1, -0.05) is 0 Å². The molecule has 118 valence electrons. The van der Waals surface area contributed by atoms with Gasteiger partial charge in [0.05, 0.1) is 19.0 Å². The maximum atomic E-state index is 11.1. The Balaban J connectivity index is 1.99. The Morgan fingerprint density at radius 2 is 2.17 bits per heavy atom. The van der Waals surface area contributed by atoms with Crippen LogP contribution in [-0.4, -0.2) is 37.1 Å². The highest BCUT2D eigenvalue weighted by molar-refractivity contribution is 5.87. The molecule has 0 aromatic carbocycles. The molecular weight excluding hydrogens is 298 g/mol. The second-order valence-corrected chi connectivity index (χ2v) is 4.71. The zero-order valence-corrected chi connectivity index (χ0v) is 12.6. The molecule has 3 N–H and O–H groups in total. The summed E-state index contributed by atoms with van der Waals surface area (Å²) in [6, 6.07) is 3.53. The van der Waals surface area contributed by atoms with Gasteiger partial charge in [0.25, 0.3) is 5.88 Å². The van der Waals surface area contributed by atoms with Crippen LogP contribution >= 0.6 is 0 Å². The summed E-state index contributed by atoms with van der Waals surface area (Å²) in [6.45, 7) is 3.70. The van der Waals surface area contributed by atoms with Gasteiger partial charge < -0.3 is 15.8 Å². The Hall–Kier alpha value is -3.23. The number of amides is 1. The Kier molecular flexibility index (Phi) is 3.75. The van der Waals surface area contributed by atoms with Crippen LogP contribution in [0.2, 0.25) is 0 Å². The third-order valence-electron chi connectivity index (χ3n) is 2.93. The van der Waals surface area contributed by atoms with Crippen molar-refractivity contribution in [3.63, 3.8) is 0 Å². The molecule has 0 aliphatic rings. The molecule has 3 rings (SSSR count). The van der Waals surface area contributed by atoms with Crippen molar-refractivity contribution < 1.29 is 9.53 Å². The number of imidazole rings is 1. The number of ether oxygens (including phenoxy) is 1. The minimum atomic E-state index is -0.195. The zero-order chi connectivity index (χ0) is 16.4. The van der Waals surface area contributed by atoms with Crippen LogP contribution in [-0.2, 0) is 4.79 Å². The molecule has 23 heavy (non-hydrogen) atoms. The molecule has 3 aromatic rings. The standard InChI is InChI=1S/C14H15N7O2/c1-3-23-14-13(15)16-6-10(18-14)9-4-5-12-19-11(17-8(2)22)7-21(12)20-9/h4-7H,3H2,1-2H3,(H2,15,16)(H,17,22). The van der Waals surface area contributed by atoms with Crippen molar-refractivity contribution >= 4 is 23.2 Å². The molecule has 0 atom stereocenters. The fraction of sp³-hybridized carbons (Fsp3) is 0.214. The molecule has 3 heterocycles. The largest absolute Gasteiger partial charge is 0.475 e. The van der Waals surface area contributed by atoms with E-state index in [0.717, 1.165) is 0 Å². The van der Waals surface area contributed by atoms with Crippen LogP contribution in [0.1, 0.15) is 13.8 Å². The van der Waals surface area contributed by atoms with E-state index in [1.54, 1.807) is 22.8 Å². The topological polar surface area (TPSA) is 120 Å². The zero-order valence-electron chi connectivity index (χ0n) is 12.6. The molecule has 0 aliphatic heterocycles. The Morgan fingerprint density at radius 1 is 1.35 bits per heavy atom. The summed E-state index contributed by atoms with van der Waals surface area (Å²) in [6.07, 6.45) is 3.14. The molecule has 0 unspecified atom stereocenters. The molecule has 3 aromatic heterocycles. The number of fused-ring (bicyclic) bond motifs is 1. The number of nitrogens with one attached hydrogen (secondary N) is 1. The maximum Gasteiger partial charge on any atom is 0.257 e. The molecule has 1 amide bonds. The summed E-state index contributed by atoms with van der Waals surface area (Å²) >= 11 is 0. The van der Waals surface area contributed by atoms with Crippen LogP contribution in [0, 0.1) is 0 Å². The lowest BCUT2D eigenvalue weighted by Crippen LogP contribution is -2.05. The van der Waals surface area contributed by atoms with Crippen molar-refractivity contribution in [1.82, 2.24) is 24.6 Å². The van der Waals surface area contributed by atoms with E-state index in [1.165, 1.54) is 13.1 Å². The Labute approximate surface area is 131 Å². The molecule has 0 saturated heterocycles. The van der Waals surface area contributed by atoms with Gasteiger partial charge in [-0.2, -0.15) is 5.10 Å². The maximum absolute atomic E-state index is 11.1. The highest BCUT2D eigenvalue weighted by atomic mass is 16.5. The molecule has 0 aliphatic carbocycles. The average molecular weight is 313 g/mol. The van der Waals surface area contributed by atoms with Gasteiger partial charge in [-0.05, 0) is 19.1 Å². The molecular formula is C14H15N7O2. The van der Waals surface area contributed by atoms with E-state index < -0.39 is 0 Å². The Morgan fingerprint density at radius 3 is 2.91 bits per heavy atom. The summed E-state index contributed by atoms with van der Waals surface area (Å²) in [5.74, 6) is 0.739. The van der Waals surface area contributed by atoms with Crippen molar-refractivity contribution in [2.45, 2.75) is 13.8 Å². The summed E-state index contributed by atoms with van der Waals surface area (Å²) < 4.78 is 6.90. The highest BCUT2D eigenvalue weighted by Gasteiger charge is 2.10. The molecule has 0 saturated carbocycles. The SMILES string of the molecule is CCOc1nc(-c2ccc3nc(NC(C)=O)cn3n2)cnc1N. The normalized spacial score (nSPS) is 10.7. The molecule has 0 spiro atoms. The number of hydrogen-bond acceptors (Lipinski definition) is 7. The highest BCUT2D eigenvalue weighted by Crippen LogP contribution is 2.21. The molecule has 9 nitrogen and oxygen atoms in total. The van der Waals surface area contributed by atoms with E-state index in [-0.39, 0.29) is 17.6 Å². The van der Waals surface area contributed by atoms with Gasteiger partial charge in [-0.15, -0.1) is 0 Å². The first-order chi connectivity index (χ1) is 11.1. The summed E-state index contributed by atoms with van der Waals surface area (Å²) in [7, 11) is 0. The smallest absolute Gasteiger partial charge is 0.257 e. The fourth-order valence-corrected chi connectivity index (χ4v) is 2.01. The van der Waals surface area contributed by atoms with Crippen LogP contribution in [0.25, 0.3) is 17.0 Å². The van der Waals surface area contributed by atoms with Crippen LogP contribution in [0.4, 0.5) is 11.6 Å². The van der Waals surface area contributed by atoms with Gasteiger partial charge in [0, 0.05) is 6.92 Å². The Bertz CT molecular complexity index is 875. The van der Waals surface area contributed by atoms with Gasteiger partial charge >= 0.3 is 0 Å². The first-order valence-corrected chi connectivity index (χ1v) is 6.96. The third-order valence-corrected chi connectivity index (χ3v) is 2.93. The van der Waals surface area contributed by atoms with Crippen LogP contribution in [0.5, 0.6) is 5.88 Å². The summed E-state index contributed by atoms with van der Waals surface area (Å²) in [5.41, 5.74) is 7.43. The monoisotopic (exact) mass is 313 g/mol. The first kappa shape index (κ1) is 14.7. The number of nitrogens with two attached hydrogens (primary N) is 1. The van der Waals surface area contributed by atoms with Crippen molar-refractivity contribution in [2.75, 3.05) is 17.7 Å². The van der Waals surface area contributed by atoms with Gasteiger partial charge in [-0.25, -0.2) is 19.5 Å². The second kappa shape index (κ2) is 5.87. The minimum absolute atomic E-state index is 0.195. The summed E-state index contributed by atoms with van der Waals surface area (Å²) in [5, 5.41) is 7.02. The van der Waals surface area contributed by atoms with Gasteiger partial charge in [0.2, 0.25) is 5.91 Å². The van der Waals surface area contributed by atoms with Gasteiger partial charge in [-0.3, -0.25) is 4.79 Å². The molecule has 0 radical (unpaired) electrons. The van der Waals surface area contributed by atoms with Gasteiger partial charge in [0.15, 0.2) is 17.3 Å². The van der Waals surface area contributed by atoms with E-state index in [2.05, 4.69) is 25.4 Å². The quantitative estimate of drug-likeness (QED) is 0.740. The van der Waals surface area contributed by atoms with E-state index >= 15 is 0 Å². The number of rotatable bonds is 4. The van der Waals surface area contributed by atoms with Crippen molar-refractivity contribution in [3.8, 4) is 17.3 Å². The van der Waals surface area contributed by atoms with Crippen molar-refractivity contribution in [1.29, 1.82) is 0 Å². The lowest BCUT2D eigenvalue weighted by Gasteiger charge is -2.06. The number of hydrogen-bond donors (Lipinski definition) is 2. The van der Waals surface area contributed by atoms with Crippen molar-refractivity contribution in [2.24, 2.45) is 0 Å². The van der Waals surface area contributed by atoms with E-state index in [0.29, 0.717) is 29.5 Å². The van der Waals surface area contributed by atoms with E-state index in [1.807, 2.05) is 6.92 Å².